The summed E-state index contributed by atoms with van der Waals surface area (Å²) < 4.78 is 70.8. The van der Waals surface area contributed by atoms with Gasteiger partial charge < -0.3 is 14.2 Å². The number of fused-ring (bicyclic) bond motifs is 10. The van der Waals surface area contributed by atoms with Gasteiger partial charge in [0.15, 0.2) is 5.78 Å². The van der Waals surface area contributed by atoms with Crippen molar-refractivity contribution in [3.8, 4) is 22.5 Å². The molecule has 0 atom stereocenters. The Morgan fingerprint density at radius 1 is 0.608 bits per heavy atom. The normalized spacial score (nSPS) is 16.0. The van der Waals surface area contributed by atoms with E-state index in [1.54, 1.807) is 37.3 Å². The van der Waals surface area contributed by atoms with Gasteiger partial charge in [0.2, 0.25) is 0 Å². The van der Waals surface area contributed by atoms with Crippen LogP contribution in [0.25, 0.3) is 56.5 Å². The summed E-state index contributed by atoms with van der Waals surface area (Å²) in [6.45, 7) is 2.12. The third kappa shape index (κ3) is 11.1. The number of hydrogen-bond donors (Lipinski definition) is 3. The van der Waals surface area contributed by atoms with Crippen LogP contribution in [0.5, 0.6) is 0 Å². The van der Waals surface area contributed by atoms with Crippen molar-refractivity contribution in [3.05, 3.63) is 129 Å². The van der Waals surface area contributed by atoms with Crippen LogP contribution in [-0.2, 0) is 43.1 Å². The molecule has 2 amide bonds. The molecule has 4 aliphatic rings. The molecule has 385 valence electrons. The van der Waals surface area contributed by atoms with Crippen LogP contribution in [0.15, 0.2) is 96.1 Å². The van der Waals surface area contributed by atoms with Crippen LogP contribution in [0, 0.1) is 31.1 Å². The number of carboxylic acid groups (broad SMARTS) is 1. The number of amides is 2. The molecule has 0 saturated heterocycles. The maximum Gasteiger partial charge on any atom is 0.333 e. The van der Waals surface area contributed by atoms with Crippen LogP contribution < -0.4 is 9.44 Å². The molecule has 2 aromatic heterocycles. The number of aliphatic carboxylic acids is 1. The minimum Gasteiger partial charge on any atom is -0.478 e. The van der Waals surface area contributed by atoms with Gasteiger partial charge in [0.1, 0.15) is 0 Å². The van der Waals surface area contributed by atoms with Crippen LogP contribution in [0.3, 0.4) is 0 Å². The summed E-state index contributed by atoms with van der Waals surface area (Å²) in [6, 6.07) is 26.6. The maximum atomic E-state index is 12.9. The summed E-state index contributed by atoms with van der Waals surface area (Å²) in [4.78, 5) is 50.6. The number of ketones is 1. The Hall–Kier alpha value is -5.54. The number of rotatable bonds is 10. The molecule has 0 bridgehead atoms. The van der Waals surface area contributed by atoms with Gasteiger partial charge in [-0.15, -0.1) is 0 Å². The first-order valence-electron chi connectivity index (χ1n) is 25.7. The molecule has 0 spiro atoms. The molecule has 2 aliphatic carbocycles. The fraction of sp³-hybridized carbons (Fsp3) is 0.345. The van der Waals surface area contributed by atoms with Gasteiger partial charge >= 0.3 is 26.4 Å². The average Bonchev–Trinajstić information content (AvgIpc) is 3.72. The van der Waals surface area contributed by atoms with Crippen LogP contribution in [0.1, 0.15) is 126 Å². The quantitative estimate of drug-likeness (QED) is 0.113. The number of nitrogens with zero attached hydrogens (tertiary/aromatic N) is 4. The Labute approximate surface area is 461 Å². The number of benzene rings is 4. The maximum absolute atomic E-state index is 12.9. The van der Waals surface area contributed by atoms with E-state index in [9.17, 15) is 41.1 Å². The third-order valence-corrected chi connectivity index (χ3v) is 17.4. The van der Waals surface area contributed by atoms with Gasteiger partial charge in [-0.1, -0.05) is 99.2 Å². The summed E-state index contributed by atoms with van der Waals surface area (Å²) in [5.41, 5.74) is 11.4. The molecule has 4 heterocycles. The SMILES string of the molecule is CC(=O)C1=Cc2ccccc2-c2c(C3CCCCC3)c3ccc(C(=O)NS(=O)(=O)N(C)C)cc3n2C1.CN(C)S(=O)(=O)NC(=O)c1ccc2c(C3CCCCC3)c3n(c2c1)CC(C(=O)O)=Cc1ccccc1-3.[3H][B][3H].[U]. The largest absolute Gasteiger partial charge is 0.478 e. The average molecular weight is 1270 g/mol. The minimum absolute atomic E-state index is 0. The van der Waals surface area contributed by atoms with Crippen LogP contribution in [0.4, 0.5) is 0 Å². The summed E-state index contributed by atoms with van der Waals surface area (Å²) in [6.07, 6.45) is 15.1. The fourth-order valence-electron chi connectivity index (χ4n) is 10.9. The Kier molecular flexibility index (Phi) is 16.4. The number of nitrogens with one attached hydrogen (secondary N) is 2. The number of carbonyl (C=O) groups excluding carboxylic acids is 3. The first-order chi connectivity index (χ1) is 35.8. The number of aromatic nitrogens is 2. The van der Waals surface area contributed by atoms with E-state index in [4.69, 9.17) is 2.67 Å². The van der Waals surface area contributed by atoms with E-state index in [0.29, 0.717) is 32.3 Å². The molecule has 4 aromatic carbocycles. The Balaban J connectivity index is 0.000000208. The predicted molar refractivity (Wildman–Crippen MR) is 289 cm³/mol. The first kappa shape index (κ1) is 53.3. The molecule has 2 aliphatic heterocycles. The van der Waals surface area contributed by atoms with Crippen molar-refractivity contribution in [2.75, 3.05) is 28.2 Å². The van der Waals surface area contributed by atoms with Crippen molar-refractivity contribution in [2.45, 2.75) is 96.1 Å². The van der Waals surface area contributed by atoms with Gasteiger partial charge in [-0.05, 0) is 106 Å². The second-order valence-electron chi connectivity index (χ2n) is 19.6. The van der Waals surface area contributed by atoms with Crippen molar-refractivity contribution < 1.29 is 72.2 Å². The third-order valence-electron chi connectivity index (χ3n) is 14.6. The van der Waals surface area contributed by atoms with E-state index in [1.807, 2.05) is 65.2 Å². The molecule has 3 N–H and O–H groups in total. The second-order valence-corrected chi connectivity index (χ2v) is 23.4. The molecule has 10 rings (SSSR count). The molecule has 2 saturated carbocycles. The zero-order chi connectivity index (χ0) is 53.9. The van der Waals surface area contributed by atoms with Gasteiger partial charge in [0.05, 0.1) is 38.4 Å². The summed E-state index contributed by atoms with van der Waals surface area (Å²) >= 11 is 0. The molecular formula is C55H62BN6O9S2U. The van der Waals surface area contributed by atoms with Crippen LogP contribution in [0.2, 0.25) is 0 Å². The van der Waals surface area contributed by atoms with Gasteiger partial charge in [0, 0.05) is 109 Å². The molecule has 0 unspecified atom stereocenters. The molecular weight excluding hydrogens is 1200 g/mol. The van der Waals surface area contributed by atoms with Crippen molar-refractivity contribution in [1.82, 2.24) is 27.2 Å². The molecule has 74 heavy (non-hydrogen) atoms. The molecule has 2 fully saturated rings. The Bertz CT molecular complexity index is 3300. The fourth-order valence-corrected chi connectivity index (χ4v) is 12.0. The molecule has 6 aromatic rings. The number of carbonyl (C=O) groups is 4. The zero-order valence-corrected chi connectivity index (χ0v) is 48.1. The minimum atomic E-state index is -3.95. The predicted octanol–water partition coefficient (Wildman–Crippen LogP) is 8.34. The van der Waals surface area contributed by atoms with E-state index >= 15 is 0 Å². The van der Waals surface area contributed by atoms with E-state index in [-0.39, 0.29) is 60.1 Å². The zero-order valence-electron chi connectivity index (χ0n) is 44.3. The van der Waals surface area contributed by atoms with E-state index in [2.05, 4.69) is 20.1 Å². The standard InChI is InChI=1S/C28H31N3O4S.C27H29N3O5S.BH2.U/c1-18(32)22-15-20-11-7-8-12-23(20)27-26(19-9-5-4-6-10-19)24-14-13-21(16-25(24)31(27)17-22)28(33)29-36(34,35)30(2)3;1-29(2)36(34,35)28-26(31)19-12-13-22-23(15-19)30-16-20(27(32)33)14-18-10-6-7-11-21(18)25(30)24(22)17-8-4-3-5-9-17;;/h7-8,11-16,19H,4-6,9-10,17H2,1-3H3,(H,29,33);6-7,10-15,17H,3-5,8-9,16H2,1-2H3,(H,28,31)(H,32,33);1H2;/i;;1T2;. The molecule has 1 radical (unpaired) electrons. The van der Waals surface area contributed by atoms with Gasteiger partial charge in [-0.2, -0.15) is 25.4 Å². The van der Waals surface area contributed by atoms with Gasteiger partial charge in [-0.25, -0.2) is 14.2 Å². The van der Waals surface area contributed by atoms with E-state index in [0.717, 1.165) is 103 Å². The van der Waals surface area contributed by atoms with Crippen molar-refractivity contribution in [1.29, 1.82) is 2.67 Å². The molecule has 19 heteroatoms. The van der Waals surface area contributed by atoms with Crippen molar-refractivity contribution in [3.63, 3.8) is 0 Å². The summed E-state index contributed by atoms with van der Waals surface area (Å²) in [7, 11) is -1.94. The second kappa shape index (κ2) is 22.7. The first-order valence-corrected chi connectivity index (χ1v) is 27.4. The number of hydrogen-bond acceptors (Lipinski definition) is 8. The Morgan fingerprint density at radius 3 is 1.36 bits per heavy atom. The Morgan fingerprint density at radius 2 is 0.986 bits per heavy atom. The number of Topliss-reactive ketones (excluding diaryl/α,β-unsaturated/α-hetero) is 1. The smallest absolute Gasteiger partial charge is 0.333 e. The van der Waals surface area contributed by atoms with Crippen LogP contribution >= 0.6 is 0 Å². The number of allylic oxidation sites excluding steroid dienone is 1. The summed E-state index contributed by atoms with van der Waals surface area (Å²) in [5.74, 6) is -1.70. The van der Waals surface area contributed by atoms with E-state index < -0.39 is 38.2 Å². The summed E-state index contributed by atoms with van der Waals surface area (Å²) in [5, 5.41) is 12.0. The topological polar surface area (TPSA) is 197 Å². The van der Waals surface area contributed by atoms with Gasteiger partial charge in [-0.3, -0.25) is 14.4 Å². The number of carboxylic acids is 1. The monoisotopic (exact) mass is 1270 g/mol. The van der Waals surface area contributed by atoms with Crippen LogP contribution in [-0.4, -0.2) is 102 Å². The molecule has 15 nitrogen and oxygen atoms in total. The van der Waals surface area contributed by atoms with Crippen molar-refractivity contribution in [2.24, 2.45) is 0 Å². The van der Waals surface area contributed by atoms with E-state index in [1.165, 1.54) is 65.0 Å². The van der Waals surface area contributed by atoms with Gasteiger partial charge in [0.25, 0.3) is 11.8 Å². The van der Waals surface area contributed by atoms with Crippen molar-refractivity contribution >= 4 is 86.3 Å².